The summed E-state index contributed by atoms with van der Waals surface area (Å²) in [5.41, 5.74) is 4.95. The van der Waals surface area contributed by atoms with Gasteiger partial charge in [0.05, 0.1) is 24.1 Å². The molecule has 9 heteroatoms. The van der Waals surface area contributed by atoms with Gasteiger partial charge in [0, 0.05) is 17.9 Å². The summed E-state index contributed by atoms with van der Waals surface area (Å²) in [6.45, 7) is 3.22. The lowest BCUT2D eigenvalue weighted by Gasteiger charge is -2.38. The summed E-state index contributed by atoms with van der Waals surface area (Å²) < 4.78 is 55.1. The van der Waals surface area contributed by atoms with Crippen molar-refractivity contribution in [2.45, 2.75) is 51.8 Å². The van der Waals surface area contributed by atoms with Gasteiger partial charge in [-0.3, -0.25) is 4.79 Å². The van der Waals surface area contributed by atoms with Gasteiger partial charge in [-0.2, -0.15) is 18.3 Å². The number of carbonyl (C=O) groups is 1. The number of aliphatic hydroxyl groups is 1. The van der Waals surface area contributed by atoms with Crippen molar-refractivity contribution >= 4 is 12.0 Å². The molecule has 5 nitrogen and oxygen atoms in total. The van der Waals surface area contributed by atoms with Crippen LogP contribution in [-0.2, 0) is 17.6 Å². The number of halogens is 4. The van der Waals surface area contributed by atoms with E-state index in [1.807, 2.05) is 44.2 Å². The van der Waals surface area contributed by atoms with Gasteiger partial charge < -0.3 is 10.0 Å². The zero-order valence-corrected chi connectivity index (χ0v) is 21.9. The van der Waals surface area contributed by atoms with Crippen molar-refractivity contribution in [1.82, 2.24) is 14.7 Å². The first-order valence-corrected chi connectivity index (χ1v) is 13.1. The first-order valence-electron chi connectivity index (χ1n) is 13.1. The lowest BCUT2D eigenvalue weighted by molar-refractivity contribution is -0.208. The first-order chi connectivity index (χ1) is 18.5. The van der Waals surface area contributed by atoms with Crippen LogP contribution in [-0.4, -0.2) is 51.1 Å². The molecule has 2 aliphatic carbocycles. The lowest BCUT2D eigenvalue weighted by Crippen LogP contribution is -2.49. The Morgan fingerprint density at radius 2 is 1.87 bits per heavy atom. The molecule has 39 heavy (non-hydrogen) atoms. The molecule has 1 heterocycles. The van der Waals surface area contributed by atoms with Crippen LogP contribution in [0.1, 0.15) is 42.1 Å². The van der Waals surface area contributed by atoms with E-state index in [2.05, 4.69) is 5.10 Å². The van der Waals surface area contributed by atoms with Crippen LogP contribution < -0.4 is 0 Å². The first kappa shape index (κ1) is 27.1. The molecular formula is C30H31F4N3O2. The van der Waals surface area contributed by atoms with Crippen molar-refractivity contribution in [3.8, 4) is 5.69 Å². The number of nitrogens with zero attached hydrogens (tertiary/aromatic N) is 3. The molecule has 0 spiro atoms. The summed E-state index contributed by atoms with van der Waals surface area (Å²) in [6, 6.07) is 13.7. The Bertz CT molecular complexity index is 1380. The summed E-state index contributed by atoms with van der Waals surface area (Å²) in [6.07, 6.45) is -1.63. The summed E-state index contributed by atoms with van der Waals surface area (Å²) >= 11 is 0. The minimum Gasteiger partial charge on any atom is -0.382 e. The van der Waals surface area contributed by atoms with Crippen LogP contribution in [0.2, 0.25) is 0 Å². The van der Waals surface area contributed by atoms with E-state index in [4.69, 9.17) is 0 Å². The molecule has 3 atom stereocenters. The Morgan fingerprint density at radius 1 is 1.18 bits per heavy atom. The maximum atomic E-state index is 13.9. The molecule has 1 saturated carbocycles. The van der Waals surface area contributed by atoms with Crippen LogP contribution in [0.15, 0.2) is 60.3 Å². The molecular weight excluding hydrogens is 510 g/mol. The highest BCUT2D eigenvalue weighted by molar-refractivity contribution is 5.82. The van der Waals surface area contributed by atoms with Crippen LogP contribution >= 0.6 is 0 Å². The average Bonchev–Trinajstić information content (AvgIpc) is 3.44. The van der Waals surface area contributed by atoms with Gasteiger partial charge in [0.25, 0.3) is 0 Å². The number of fused-ring (bicyclic) bond motifs is 2. The molecule has 0 saturated heterocycles. The number of hydrogen-bond donors (Lipinski definition) is 1. The summed E-state index contributed by atoms with van der Waals surface area (Å²) in [4.78, 5) is 15.1. The lowest BCUT2D eigenvalue weighted by atomic mass is 9.69. The predicted octanol–water partition coefficient (Wildman–Crippen LogP) is 5.67. The Balaban J connectivity index is 1.40. The number of benzene rings is 2. The third kappa shape index (κ3) is 5.37. The quantitative estimate of drug-likeness (QED) is 0.392. The van der Waals surface area contributed by atoms with Crippen LogP contribution in [0.3, 0.4) is 0 Å². The van der Waals surface area contributed by atoms with Crippen molar-refractivity contribution < 1.29 is 27.5 Å². The van der Waals surface area contributed by atoms with E-state index in [1.54, 1.807) is 23.0 Å². The van der Waals surface area contributed by atoms with Gasteiger partial charge in [-0.05, 0) is 74.1 Å². The van der Waals surface area contributed by atoms with E-state index >= 15 is 0 Å². The third-order valence-corrected chi connectivity index (χ3v) is 8.20. The van der Waals surface area contributed by atoms with Gasteiger partial charge >= 0.3 is 6.18 Å². The van der Waals surface area contributed by atoms with E-state index in [0.29, 0.717) is 31.4 Å². The smallest absolute Gasteiger partial charge is 0.382 e. The monoisotopic (exact) mass is 541 g/mol. The highest BCUT2D eigenvalue weighted by Crippen LogP contribution is 2.53. The van der Waals surface area contributed by atoms with Gasteiger partial charge in [0.2, 0.25) is 5.91 Å². The second kappa shape index (κ2) is 10.3. The highest BCUT2D eigenvalue weighted by atomic mass is 19.4. The Kier molecular flexibility index (Phi) is 7.13. The van der Waals surface area contributed by atoms with Gasteiger partial charge in [-0.1, -0.05) is 42.3 Å². The fourth-order valence-electron chi connectivity index (χ4n) is 5.87. The number of aliphatic hydroxyl groups excluding tert-OH is 1. The summed E-state index contributed by atoms with van der Waals surface area (Å²) in [5.74, 6) is -1.24. The molecule has 2 aliphatic rings. The average molecular weight is 542 g/mol. The van der Waals surface area contributed by atoms with Crippen LogP contribution in [0.5, 0.6) is 0 Å². The van der Waals surface area contributed by atoms with E-state index in [0.717, 1.165) is 28.0 Å². The van der Waals surface area contributed by atoms with Crippen molar-refractivity contribution in [2.75, 3.05) is 13.1 Å². The second-order valence-corrected chi connectivity index (χ2v) is 10.9. The van der Waals surface area contributed by atoms with Crippen LogP contribution in [0.4, 0.5) is 17.6 Å². The molecule has 0 radical (unpaired) electrons. The number of alkyl halides is 3. The molecule has 1 fully saturated rings. The van der Waals surface area contributed by atoms with Crippen molar-refractivity contribution in [2.24, 2.45) is 11.3 Å². The standard InChI is InChI=1S/C30H31F4N3O2/c1-19-3-5-20(6-4-19)13-14-36(18-27(38)30(32,33)34)28(39)25-12-7-22-15-26-21(16-29(22,25)2)17-35-37(26)24-10-8-23(31)9-11-24/h3-6,8-11,15,17,25,27,38H,7,12-14,16,18H2,1-2H3/t25-,27?,29+/m1/s1. The number of aromatic nitrogens is 2. The fourth-order valence-corrected chi connectivity index (χ4v) is 5.87. The number of carbonyl (C=O) groups excluding carboxylic acids is 1. The molecule has 5 rings (SSSR count). The minimum absolute atomic E-state index is 0.0778. The topological polar surface area (TPSA) is 58.4 Å². The van der Waals surface area contributed by atoms with E-state index < -0.39 is 30.2 Å². The maximum absolute atomic E-state index is 13.9. The van der Waals surface area contributed by atoms with Crippen molar-refractivity contribution in [3.63, 3.8) is 0 Å². The number of aryl methyl sites for hydroxylation is 1. The molecule has 1 amide bonds. The fraction of sp³-hybridized carbons (Fsp3) is 0.400. The molecule has 2 aromatic carbocycles. The van der Waals surface area contributed by atoms with E-state index in [1.165, 1.54) is 17.0 Å². The Labute approximate surface area is 224 Å². The summed E-state index contributed by atoms with van der Waals surface area (Å²) in [7, 11) is 0. The van der Waals surface area contributed by atoms with Crippen LogP contribution in [0.25, 0.3) is 11.8 Å². The van der Waals surface area contributed by atoms with Gasteiger partial charge in [-0.15, -0.1) is 0 Å². The zero-order chi connectivity index (χ0) is 27.9. The largest absolute Gasteiger partial charge is 0.416 e. The second-order valence-electron chi connectivity index (χ2n) is 10.9. The maximum Gasteiger partial charge on any atom is 0.416 e. The molecule has 1 unspecified atom stereocenters. The number of amides is 1. The Hall–Kier alpha value is -3.46. The molecule has 206 valence electrons. The van der Waals surface area contributed by atoms with Gasteiger partial charge in [-0.25, -0.2) is 9.07 Å². The minimum atomic E-state index is -4.82. The molecule has 0 aliphatic heterocycles. The van der Waals surface area contributed by atoms with E-state index in [9.17, 15) is 27.5 Å². The SMILES string of the molecule is Cc1ccc(CCN(CC(O)C(F)(F)F)C(=O)[C@H]2CCC3=Cc4c(cnn4-c4ccc(F)cc4)C[C@@]32C)cc1. The number of allylic oxidation sites excluding steroid dienone is 1. The predicted molar refractivity (Wildman–Crippen MR) is 140 cm³/mol. The third-order valence-electron chi connectivity index (χ3n) is 8.20. The Morgan fingerprint density at radius 3 is 2.54 bits per heavy atom. The zero-order valence-electron chi connectivity index (χ0n) is 21.9. The van der Waals surface area contributed by atoms with Crippen molar-refractivity contribution in [1.29, 1.82) is 0 Å². The van der Waals surface area contributed by atoms with E-state index in [-0.39, 0.29) is 18.3 Å². The summed E-state index contributed by atoms with van der Waals surface area (Å²) in [5, 5.41) is 14.4. The van der Waals surface area contributed by atoms with Gasteiger partial charge in [0.1, 0.15) is 5.82 Å². The molecule has 0 bridgehead atoms. The number of rotatable bonds is 7. The highest BCUT2D eigenvalue weighted by Gasteiger charge is 2.50. The normalized spacial score (nSPS) is 21.2. The number of hydrogen-bond acceptors (Lipinski definition) is 3. The molecule has 3 aromatic rings. The van der Waals surface area contributed by atoms with Crippen molar-refractivity contribution in [3.05, 3.63) is 88.5 Å². The molecule has 1 aromatic heterocycles. The van der Waals surface area contributed by atoms with Crippen LogP contribution in [0, 0.1) is 24.1 Å². The van der Waals surface area contributed by atoms with Gasteiger partial charge in [0.15, 0.2) is 6.10 Å². The molecule has 1 N–H and O–H groups in total.